The second kappa shape index (κ2) is 2.57. The first-order chi connectivity index (χ1) is 5.86. The number of hydrogen-bond donors (Lipinski definition) is 1. The van der Waals surface area contributed by atoms with Crippen molar-refractivity contribution in [2.75, 3.05) is 5.73 Å². The largest absolute Gasteiger partial charge is 0.366 e. The highest BCUT2D eigenvalue weighted by atomic mass is 15.4. The van der Waals surface area contributed by atoms with Gasteiger partial charge in [-0.15, -0.1) is 5.10 Å². The van der Waals surface area contributed by atoms with Crippen LogP contribution in [-0.4, -0.2) is 24.7 Å². The third kappa shape index (κ3) is 1.09. The maximum Gasteiger partial charge on any atom is 0.239 e. The first-order valence-electron chi connectivity index (χ1n) is 3.29. The van der Waals surface area contributed by atoms with Crippen molar-refractivity contribution in [3.8, 4) is 5.69 Å². The van der Waals surface area contributed by atoms with Crippen LogP contribution in [0.5, 0.6) is 0 Å². The summed E-state index contributed by atoms with van der Waals surface area (Å²) in [5.74, 6) is 0.235. The highest BCUT2D eigenvalue weighted by Crippen LogP contribution is 2.00. The van der Waals surface area contributed by atoms with E-state index in [1.807, 2.05) is 0 Å². The van der Waals surface area contributed by atoms with E-state index < -0.39 is 0 Å². The number of rotatable bonds is 1. The summed E-state index contributed by atoms with van der Waals surface area (Å²) in [7, 11) is 0. The van der Waals surface area contributed by atoms with E-state index in [0.717, 1.165) is 5.69 Å². The van der Waals surface area contributed by atoms with Crippen LogP contribution in [0.4, 0.5) is 5.95 Å². The Kier molecular flexibility index (Phi) is 1.44. The molecule has 0 aliphatic rings. The van der Waals surface area contributed by atoms with Gasteiger partial charge in [0, 0.05) is 0 Å². The van der Waals surface area contributed by atoms with Crippen molar-refractivity contribution < 1.29 is 0 Å². The molecule has 0 saturated carbocycles. The fraction of sp³-hybridized carbons (Fsp3) is 0. The molecule has 2 aromatic heterocycles. The zero-order valence-corrected chi connectivity index (χ0v) is 6.12. The molecule has 0 amide bonds. The van der Waals surface area contributed by atoms with Crippen molar-refractivity contribution in [2.24, 2.45) is 0 Å². The molecule has 6 nitrogen and oxygen atoms in total. The Hall–Kier alpha value is -1.98. The van der Waals surface area contributed by atoms with E-state index in [4.69, 9.17) is 5.73 Å². The topological polar surface area (TPSA) is 82.5 Å². The van der Waals surface area contributed by atoms with Gasteiger partial charge in [-0.25, -0.2) is 19.6 Å². The van der Waals surface area contributed by atoms with Gasteiger partial charge in [0.25, 0.3) is 0 Å². The molecule has 0 unspecified atom stereocenters. The second-order valence-corrected chi connectivity index (χ2v) is 2.14. The molecule has 0 aromatic carbocycles. The summed E-state index contributed by atoms with van der Waals surface area (Å²) < 4.78 is 1.51. The van der Waals surface area contributed by atoms with Gasteiger partial charge >= 0.3 is 0 Å². The van der Waals surface area contributed by atoms with Crippen LogP contribution < -0.4 is 5.73 Å². The van der Waals surface area contributed by atoms with Crippen molar-refractivity contribution in [3.63, 3.8) is 0 Å². The summed E-state index contributed by atoms with van der Waals surface area (Å²) in [6, 6.07) is 0. The molecule has 0 saturated heterocycles. The fourth-order valence-corrected chi connectivity index (χ4v) is 0.810. The molecular formula is C6H6N6. The number of nitrogens with zero attached hydrogens (tertiary/aromatic N) is 5. The van der Waals surface area contributed by atoms with Gasteiger partial charge in [0.15, 0.2) is 0 Å². The van der Waals surface area contributed by atoms with Crippen LogP contribution in [-0.2, 0) is 0 Å². The molecule has 0 radical (unpaired) electrons. The molecule has 2 N–H and O–H groups in total. The Labute approximate surface area is 68.1 Å². The molecule has 6 heteroatoms. The van der Waals surface area contributed by atoms with E-state index in [0.29, 0.717) is 0 Å². The van der Waals surface area contributed by atoms with Gasteiger partial charge < -0.3 is 5.73 Å². The van der Waals surface area contributed by atoms with E-state index in [-0.39, 0.29) is 5.95 Å². The van der Waals surface area contributed by atoms with Crippen LogP contribution in [0.15, 0.2) is 25.0 Å². The summed E-state index contributed by atoms with van der Waals surface area (Å²) in [5, 5.41) is 3.88. The lowest BCUT2D eigenvalue weighted by molar-refractivity contribution is 0.866. The van der Waals surface area contributed by atoms with Gasteiger partial charge in [-0.2, -0.15) is 0 Å². The van der Waals surface area contributed by atoms with Crippen molar-refractivity contribution in [3.05, 3.63) is 25.0 Å². The lowest BCUT2D eigenvalue weighted by Crippen LogP contribution is -1.97. The molecule has 0 aliphatic carbocycles. The smallest absolute Gasteiger partial charge is 0.239 e. The van der Waals surface area contributed by atoms with Crippen LogP contribution in [0.1, 0.15) is 0 Å². The number of hydrogen-bond acceptors (Lipinski definition) is 5. The summed E-state index contributed by atoms with van der Waals surface area (Å²) in [6.07, 6.45) is 6.21. The molecule has 2 rings (SSSR count). The summed E-state index contributed by atoms with van der Waals surface area (Å²) >= 11 is 0. The summed E-state index contributed by atoms with van der Waals surface area (Å²) in [4.78, 5) is 11.4. The minimum Gasteiger partial charge on any atom is -0.366 e. The highest BCUT2D eigenvalue weighted by molar-refractivity contribution is 5.24. The monoisotopic (exact) mass is 162 g/mol. The molecule has 0 aliphatic heterocycles. The van der Waals surface area contributed by atoms with Crippen molar-refractivity contribution in [2.45, 2.75) is 0 Å². The highest BCUT2D eigenvalue weighted by Gasteiger charge is 1.97. The third-order valence-corrected chi connectivity index (χ3v) is 1.32. The van der Waals surface area contributed by atoms with E-state index in [2.05, 4.69) is 20.1 Å². The molecule has 2 aromatic rings. The molecule has 0 bridgehead atoms. The van der Waals surface area contributed by atoms with Crippen molar-refractivity contribution in [1.29, 1.82) is 0 Å². The molecule has 12 heavy (non-hydrogen) atoms. The predicted octanol–water partition coefficient (Wildman–Crippen LogP) is -0.361. The number of nitrogen functional groups attached to an aromatic ring is 1. The maximum absolute atomic E-state index is 5.33. The van der Waals surface area contributed by atoms with Gasteiger partial charge in [0.2, 0.25) is 5.95 Å². The number of nitrogens with two attached hydrogens (primary N) is 1. The second-order valence-electron chi connectivity index (χ2n) is 2.14. The Morgan fingerprint density at radius 3 is 2.58 bits per heavy atom. The predicted molar refractivity (Wildman–Crippen MR) is 41.4 cm³/mol. The fourth-order valence-electron chi connectivity index (χ4n) is 0.810. The molecule has 0 spiro atoms. The lowest BCUT2D eigenvalue weighted by atomic mass is 10.5. The van der Waals surface area contributed by atoms with Gasteiger partial charge in [0.1, 0.15) is 18.3 Å². The summed E-state index contributed by atoms with van der Waals surface area (Å²) in [6.45, 7) is 0. The number of anilines is 1. The van der Waals surface area contributed by atoms with Crippen LogP contribution in [0, 0.1) is 0 Å². The molecule has 2 heterocycles. The SMILES string of the molecule is Nc1ncn(-c2cncnc2)n1. The minimum absolute atomic E-state index is 0.235. The zero-order valence-electron chi connectivity index (χ0n) is 6.12. The Balaban J connectivity index is 2.45. The van der Waals surface area contributed by atoms with Crippen LogP contribution in [0.3, 0.4) is 0 Å². The zero-order chi connectivity index (χ0) is 8.39. The van der Waals surface area contributed by atoms with E-state index in [1.165, 1.54) is 17.3 Å². The maximum atomic E-state index is 5.33. The standard InChI is InChI=1S/C6H6N6/c7-6-10-4-12(11-6)5-1-8-3-9-2-5/h1-4H,(H2,7,11). The Morgan fingerprint density at radius 1 is 1.25 bits per heavy atom. The first-order valence-corrected chi connectivity index (χ1v) is 3.29. The van der Waals surface area contributed by atoms with E-state index in [9.17, 15) is 0 Å². The molecule has 0 fully saturated rings. The third-order valence-electron chi connectivity index (χ3n) is 1.32. The molecular weight excluding hydrogens is 156 g/mol. The lowest BCUT2D eigenvalue weighted by Gasteiger charge is -1.95. The van der Waals surface area contributed by atoms with Crippen molar-refractivity contribution in [1.82, 2.24) is 24.7 Å². The van der Waals surface area contributed by atoms with Gasteiger partial charge in [-0.05, 0) is 0 Å². The van der Waals surface area contributed by atoms with Crippen LogP contribution >= 0.6 is 0 Å². The average Bonchev–Trinajstić information content (AvgIpc) is 2.54. The van der Waals surface area contributed by atoms with Crippen LogP contribution in [0.25, 0.3) is 5.69 Å². The van der Waals surface area contributed by atoms with E-state index in [1.54, 1.807) is 12.4 Å². The van der Waals surface area contributed by atoms with Gasteiger partial charge in [0.05, 0.1) is 12.4 Å². The summed E-state index contributed by atoms with van der Waals surface area (Å²) in [5.41, 5.74) is 6.07. The van der Waals surface area contributed by atoms with Gasteiger partial charge in [-0.3, -0.25) is 0 Å². The van der Waals surface area contributed by atoms with Crippen molar-refractivity contribution >= 4 is 5.95 Å². The van der Waals surface area contributed by atoms with Crippen LogP contribution in [0.2, 0.25) is 0 Å². The molecule has 60 valence electrons. The van der Waals surface area contributed by atoms with E-state index >= 15 is 0 Å². The molecule has 0 atom stereocenters. The quantitative estimate of drug-likeness (QED) is 0.619. The first kappa shape index (κ1) is 6.71. The number of aromatic nitrogens is 5. The average molecular weight is 162 g/mol. The Bertz CT molecular complexity index is 367. The van der Waals surface area contributed by atoms with Gasteiger partial charge in [-0.1, -0.05) is 0 Å². The normalized spacial score (nSPS) is 10.0. The minimum atomic E-state index is 0.235. The Morgan fingerprint density at radius 2 is 2.00 bits per heavy atom.